The van der Waals surface area contributed by atoms with Crippen molar-refractivity contribution in [1.29, 1.82) is 0 Å². The summed E-state index contributed by atoms with van der Waals surface area (Å²) in [6.07, 6.45) is 2.75. The number of nitrogens with one attached hydrogen (secondary N) is 2. The topological polar surface area (TPSA) is 88.5 Å². The first-order valence-corrected chi connectivity index (χ1v) is 9.21. The molecule has 0 saturated carbocycles. The van der Waals surface area contributed by atoms with Crippen LogP contribution < -0.4 is 10.6 Å². The minimum Gasteiger partial charge on any atom is -0.380 e. The lowest BCUT2D eigenvalue weighted by molar-refractivity contribution is -0.124. The van der Waals surface area contributed by atoms with E-state index in [1.165, 1.54) is 0 Å². The zero-order valence-electron chi connectivity index (χ0n) is 16.0. The van der Waals surface area contributed by atoms with Gasteiger partial charge in [-0.25, -0.2) is 4.79 Å². The van der Waals surface area contributed by atoms with Crippen LogP contribution in [0.1, 0.15) is 51.4 Å². The highest BCUT2D eigenvalue weighted by Crippen LogP contribution is 2.28. The highest BCUT2D eigenvalue weighted by molar-refractivity contribution is 5.79. The molecule has 144 valence electrons. The molecule has 0 bridgehead atoms. The quantitative estimate of drug-likeness (QED) is 0.829. The van der Waals surface area contributed by atoms with E-state index in [0.29, 0.717) is 32.6 Å². The standard InChI is InChI=1S/C18H29N5O3/c1-12(2)23-14(7-8-19-23)16-13(5-6-15(24)21-16)20-17(25)22(4)9-18(3)10-26-11-18/h7-8,12-13,16H,5-6,9-11H2,1-4H3,(H,20,25)(H,21,24)/t13-,16-/m1/s1. The number of carbonyl (C=O) groups excluding carboxylic acids is 2. The third-order valence-corrected chi connectivity index (χ3v) is 5.09. The van der Waals surface area contributed by atoms with Crippen molar-refractivity contribution in [2.45, 2.75) is 51.7 Å². The number of carbonyl (C=O) groups is 2. The molecule has 0 aromatic carbocycles. The van der Waals surface area contributed by atoms with Gasteiger partial charge in [-0.05, 0) is 26.3 Å². The first-order chi connectivity index (χ1) is 12.3. The monoisotopic (exact) mass is 363 g/mol. The Morgan fingerprint density at radius 2 is 2.27 bits per heavy atom. The van der Waals surface area contributed by atoms with Crippen LogP contribution in [0.25, 0.3) is 0 Å². The molecule has 0 spiro atoms. The number of piperidine rings is 1. The fraction of sp³-hybridized carbons (Fsp3) is 0.722. The summed E-state index contributed by atoms with van der Waals surface area (Å²) in [5.74, 6) is 0.00416. The Kier molecular flexibility index (Phi) is 5.22. The second-order valence-electron chi connectivity index (χ2n) is 8.09. The molecular weight excluding hydrogens is 334 g/mol. The smallest absolute Gasteiger partial charge is 0.317 e. The lowest BCUT2D eigenvalue weighted by atomic mass is 9.88. The van der Waals surface area contributed by atoms with E-state index >= 15 is 0 Å². The molecule has 2 N–H and O–H groups in total. The van der Waals surface area contributed by atoms with E-state index in [0.717, 1.165) is 5.69 Å². The maximum atomic E-state index is 12.7. The van der Waals surface area contributed by atoms with Gasteiger partial charge in [-0.1, -0.05) is 6.92 Å². The van der Waals surface area contributed by atoms with E-state index in [4.69, 9.17) is 4.74 Å². The molecule has 0 aliphatic carbocycles. The molecule has 2 aliphatic rings. The van der Waals surface area contributed by atoms with Crippen molar-refractivity contribution in [2.75, 3.05) is 26.8 Å². The number of amides is 3. The second kappa shape index (κ2) is 7.26. The van der Waals surface area contributed by atoms with Gasteiger partial charge in [0.05, 0.1) is 31.0 Å². The number of hydrogen-bond donors (Lipinski definition) is 2. The van der Waals surface area contributed by atoms with Gasteiger partial charge < -0.3 is 20.3 Å². The lowest BCUT2D eigenvalue weighted by Crippen LogP contribution is -2.56. The Hall–Kier alpha value is -2.09. The maximum Gasteiger partial charge on any atom is 0.317 e. The molecule has 26 heavy (non-hydrogen) atoms. The van der Waals surface area contributed by atoms with Crippen LogP contribution in [0.15, 0.2) is 12.3 Å². The lowest BCUT2D eigenvalue weighted by Gasteiger charge is -2.41. The van der Waals surface area contributed by atoms with Gasteiger partial charge in [0.15, 0.2) is 0 Å². The molecule has 3 amide bonds. The average Bonchev–Trinajstić information content (AvgIpc) is 3.04. The van der Waals surface area contributed by atoms with Crippen molar-refractivity contribution >= 4 is 11.9 Å². The molecular formula is C18H29N5O3. The van der Waals surface area contributed by atoms with Crippen molar-refractivity contribution in [2.24, 2.45) is 5.41 Å². The Labute approximate surface area is 154 Å². The minimum absolute atomic E-state index is 0.00416. The number of urea groups is 1. The Bertz CT molecular complexity index is 668. The van der Waals surface area contributed by atoms with Crippen molar-refractivity contribution < 1.29 is 14.3 Å². The molecule has 8 nitrogen and oxygen atoms in total. The summed E-state index contributed by atoms with van der Waals surface area (Å²) in [7, 11) is 1.80. The average molecular weight is 363 g/mol. The highest BCUT2D eigenvalue weighted by Gasteiger charge is 2.37. The van der Waals surface area contributed by atoms with Crippen molar-refractivity contribution in [1.82, 2.24) is 25.3 Å². The maximum absolute atomic E-state index is 12.7. The first-order valence-electron chi connectivity index (χ1n) is 9.21. The molecule has 2 saturated heterocycles. The summed E-state index contributed by atoms with van der Waals surface area (Å²) >= 11 is 0. The third kappa shape index (κ3) is 3.85. The molecule has 0 unspecified atom stereocenters. The second-order valence-corrected chi connectivity index (χ2v) is 8.09. The van der Waals surface area contributed by atoms with Gasteiger partial charge in [0.1, 0.15) is 0 Å². The number of hydrogen-bond acceptors (Lipinski definition) is 4. The van der Waals surface area contributed by atoms with Gasteiger partial charge in [-0.15, -0.1) is 0 Å². The Balaban J connectivity index is 1.70. The molecule has 0 radical (unpaired) electrons. The van der Waals surface area contributed by atoms with E-state index < -0.39 is 0 Å². The van der Waals surface area contributed by atoms with Gasteiger partial charge >= 0.3 is 6.03 Å². The molecule has 1 aromatic heterocycles. The zero-order chi connectivity index (χ0) is 18.9. The van der Waals surface area contributed by atoms with Crippen LogP contribution in [0.5, 0.6) is 0 Å². The Morgan fingerprint density at radius 1 is 1.54 bits per heavy atom. The SMILES string of the molecule is CC(C)n1nccc1[C@@H]1NC(=O)CC[C@H]1NC(=O)N(C)CC1(C)COC1. The van der Waals surface area contributed by atoms with Crippen LogP contribution in [0.3, 0.4) is 0 Å². The summed E-state index contributed by atoms with van der Waals surface area (Å²) < 4.78 is 7.16. The Morgan fingerprint density at radius 3 is 2.88 bits per heavy atom. The van der Waals surface area contributed by atoms with Crippen LogP contribution in [-0.4, -0.2) is 59.5 Å². The third-order valence-electron chi connectivity index (χ3n) is 5.09. The summed E-state index contributed by atoms with van der Waals surface area (Å²) in [5, 5.41) is 10.5. The number of nitrogens with zero attached hydrogens (tertiary/aromatic N) is 3. The van der Waals surface area contributed by atoms with Crippen molar-refractivity contribution in [3.05, 3.63) is 18.0 Å². The molecule has 2 aliphatic heterocycles. The van der Waals surface area contributed by atoms with E-state index in [1.54, 1.807) is 18.1 Å². The van der Waals surface area contributed by atoms with Crippen LogP contribution in [0.2, 0.25) is 0 Å². The summed E-state index contributed by atoms with van der Waals surface area (Å²) in [6, 6.07) is 1.52. The van der Waals surface area contributed by atoms with Crippen LogP contribution in [0, 0.1) is 5.41 Å². The fourth-order valence-corrected chi connectivity index (χ4v) is 3.69. The van der Waals surface area contributed by atoms with Crippen molar-refractivity contribution in [3.8, 4) is 0 Å². The zero-order valence-corrected chi connectivity index (χ0v) is 16.0. The fourth-order valence-electron chi connectivity index (χ4n) is 3.69. The summed E-state index contributed by atoms with van der Waals surface area (Å²) in [4.78, 5) is 26.4. The molecule has 2 atom stereocenters. The normalized spacial score (nSPS) is 24.7. The minimum atomic E-state index is -0.277. The summed E-state index contributed by atoms with van der Waals surface area (Å²) in [6.45, 7) is 8.21. The van der Waals surface area contributed by atoms with Gasteiger partial charge in [0.2, 0.25) is 5.91 Å². The van der Waals surface area contributed by atoms with Gasteiger partial charge in [0, 0.05) is 37.7 Å². The van der Waals surface area contributed by atoms with Crippen molar-refractivity contribution in [3.63, 3.8) is 0 Å². The van der Waals surface area contributed by atoms with E-state index in [2.05, 4.69) is 22.7 Å². The predicted molar refractivity (Wildman–Crippen MR) is 96.6 cm³/mol. The number of aromatic nitrogens is 2. The van der Waals surface area contributed by atoms with Gasteiger partial charge in [-0.3, -0.25) is 9.48 Å². The molecule has 8 heteroatoms. The molecule has 1 aromatic rings. The summed E-state index contributed by atoms with van der Waals surface area (Å²) in [5.41, 5.74) is 0.947. The van der Waals surface area contributed by atoms with E-state index in [9.17, 15) is 9.59 Å². The number of ether oxygens (including phenoxy) is 1. The van der Waals surface area contributed by atoms with E-state index in [-0.39, 0.29) is 35.5 Å². The highest BCUT2D eigenvalue weighted by atomic mass is 16.5. The molecule has 2 fully saturated rings. The first kappa shape index (κ1) is 18.7. The predicted octanol–water partition coefficient (Wildman–Crippen LogP) is 1.46. The molecule has 3 heterocycles. The van der Waals surface area contributed by atoms with Crippen LogP contribution in [0.4, 0.5) is 4.79 Å². The van der Waals surface area contributed by atoms with Gasteiger partial charge in [-0.2, -0.15) is 5.10 Å². The van der Waals surface area contributed by atoms with Crippen LogP contribution in [-0.2, 0) is 9.53 Å². The largest absolute Gasteiger partial charge is 0.380 e. The van der Waals surface area contributed by atoms with Crippen LogP contribution >= 0.6 is 0 Å². The molecule has 3 rings (SSSR count). The van der Waals surface area contributed by atoms with Gasteiger partial charge in [0.25, 0.3) is 0 Å². The van der Waals surface area contributed by atoms with E-state index in [1.807, 2.05) is 24.6 Å². The number of rotatable bonds is 5.